The number of rotatable bonds is 0. The van der Waals surface area contributed by atoms with Gasteiger partial charge >= 0.3 is 0 Å². The van der Waals surface area contributed by atoms with E-state index in [1.165, 1.54) is 0 Å². The molecule has 1 heterocycles. The number of nitrogen functional groups attached to an aromatic ring is 2. The van der Waals surface area contributed by atoms with E-state index >= 15 is 0 Å². The number of hydrogen-bond acceptors (Lipinski definition) is 3. The molecule has 0 radical (unpaired) electrons. The number of anilines is 2. The van der Waals surface area contributed by atoms with Gasteiger partial charge < -0.3 is 11.5 Å². The zero-order chi connectivity index (χ0) is 8.72. The molecule has 0 amide bonds. The molecule has 0 aliphatic rings. The maximum atomic E-state index is 5.88. The van der Waals surface area contributed by atoms with E-state index in [0.717, 1.165) is 27.0 Å². The summed E-state index contributed by atoms with van der Waals surface area (Å²) < 4.78 is 1.10. The largest absolute Gasteiger partial charge is 0.398 e. The van der Waals surface area contributed by atoms with Crippen molar-refractivity contribution in [1.82, 2.24) is 0 Å². The molecule has 0 fully saturated rings. The van der Waals surface area contributed by atoms with Crippen molar-refractivity contribution < 1.29 is 0 Å². The molecule has 2 aromatic rings. The van der Waals surface area contributed by atoms with Crippen LogP contribution in [-0.2, 0) is 0 Å². The van der Waals surface area contributed by atoms with Gasteiger partial charge in [0.25, 0.3) is 0 Å². The zero-order valence-corrected chi connectivity index (χ0v) is 7.61. The Hall–Kier alpha value is -1.22. The van der Waals surface area contributed by atoms with E-state index in [2.05, 4.69) is 0 Å². The molecule has 2 nitrogen and oxygen atoms in total. The molecule has 1 aromatic heterocycles. The lowest BCUT2D eigenvalue weighted by Gasteiger charge is -2.03. The number of benzene rings is 1. The molecule has 62 valence electrons. The van der Waals surface area contributed by atoms with E-state index < -0.39 is 0 Å². The van der Waals surface area contributed by atoms with Crippen molar-refractivity contribution in [2.24, 2.45) is 0 Å². The molecule has 0 saturated heterocycles. The first kappa shape index (κ1) is 7.43. The number of aryl methyl sites for hydroxylation is 1. The van der Waals surface area contributed by atoms with Crippen LogP contribution in [0.3, 0.4) is 0 Å². The van der Waals surface area contributed by atoms with Crippen LogP contribution in [0.5, 0.6) is 0 Å². The molecule has 12 heavy (non-hydrogen) atoms. The Morgan fingerprint density at radius 1 is 1.33 bits per heavy atom. The fourth-order valence-corrected chi connectivity index (χ4v) is 2.17. The van der Waals surface area contributed by atoms with E-state index in [9.17, 15) is 0 Å². The summed E-state index contributed by atoms with van der Waals surface area (Å²) in [7, 11) is 0. The Balaban J connectivity index is 2.97. The SMILES string of the molecule is Cc1cc(N)c2sccc2c1N. The van der Waals surface area contributed by atoms with Gasteiger partial charge in [-0.15, -0.1) is 11.3 Å². The normalized spacial score (nSPS) is 10.8. The van der Waals surface area contributed by atoms with Gasteiger partial charge in [-0.25, -0.2) is 0 Å². The monoisotopic (exact) mass is 178 g/mol. The van der Waals surface area contributed by atoms with E-state index in [1.807, 2.05) is 24.4 Å². The molecule has 2 rings (SSSR count). The summed E-state index contributed by atoms with van der Waals surface area (Å²) in [4.78, 5) is 0. The summed E-state index contributed by atoms with van der Waals surface area (Å²) in [6.07, 6.45) is 0. The van der Waals surface area contributed by atoms with Crippen molar-refractivity contribution in [1.29, 1.82) is 0 Å². The first-order valence-corrected chi connectivity index (χ1v) is 4.60. The minimum Gasteiger partial charge on any atom is -0.398 e. The molecule has 0 aliphatic carbocycles. The highest BCUT2D eigenvalue weighted by Crippen LogP contribution is 2.33. The molecule has 0 atom stereocenters. The molecule has 0 spiro atoms. The molecule has 0 bridgehead atoms. The summed E-state index contributed by atoms with van der Waals surface area (Å²) in [6, 6.07) is 3.94. The maximum absolute atomic E-state index is 5.88. The molecule has 1 aromatic carbocycles. The summed E-state index contributed by atoms with van der Waals surface area (Å²) in [5.41, 5.74) is 14.4. The highest BCUT2D eigenvalue weighted by Gasteiger charge is 2.05. The maximum Gasteiger partial charge on any atom is 0.0593 e. The first-order chi connectivity index (χ1) is 5.70. The lowest BCUT2D eigenvalue weighted by Crippen LogP contribution is -1.93. The van der Waals surface area contributed by atoms with Crippen molar-refractivity contribution in [2.45, 2.75) is 6.92 Å². The highest BCUT2D eigenvalue weighted by atomic mass is 32.1. The van der Waals surface area contributed by atoms with Crippen molar-refractivity contribution >= 4 is 32.8 Å². The minimum absolute atomic E-state index is 0.826. The predicted octanol–water partition coefficient (Wildman–Crippen LogP) is 2.37. The summed E-state index contributed by atoms with van der Waals surface area (Å²) in [5, 5.41) is 3.09. The van der Waals surface area contributed by atoms with E-state index in [-0.39, 0.29) is 0 Å². The Morgan fingerprint density at radius 2 is 2.08 bits per heavy atom. The second-order valence-electron chi connectivity index (χ2n) is 2.86. The van der Waals surface area contributed by atoms with Crippen LogP contribution in [0.4, 0.5) is 11.4 Å². The van der Waals surface area contributed by atoms with Crippen LogP contribution in [0.2, 0.25) is 0 Å². The number of fused-ring (bicyclic) bond motifs is 1. The standard InChI is InChI=1S/C9H10N2S/c1-5-4-7(10)9-6(8(5)11)2-3-12-9/h2-4H,10-11H2,1H3. The second kappa shape index (κ2) is 2.38. The minimum atomic E-state index is 0.826. The third-order valence-electron chi connectivity index (χ3n) is 2.01. The van der Waals surface area contributed by atoms with Gasteiger partial charge in [0, 0.05) is 16.8 Å². The highest BCUT2D eigenvalue weighted by molar-refractivity contribution is 7.18. The fraction of sp³-hybridized carbons (Fsp3) is 0.111. The van der Waals surface area contributed by atoms with Gasteiger partial charge in [-0.2, -0.15) is 0 Å². The third-order valence-corrected chi connectivity index (χ3v) is 2.98. The van der Waals surface area contributed by atoms with Gasteiger partial charge in [0.05, 0.1) is 4.70 Å². The van der Waals surface area contributed by atoms with Crippen LogP contribution < -0.4 is 11.5 Å². The Bertz CT molecular complexity index is 431. The van der Waals surface area contributed by atoms with Crippen LogP contribution in [0.25, 0.3) is 10.1 Å². The molecular formula is C9H10N2S. The first-order valence-electron chi connectivity index (χ1n) is 3.72. The van der Waals surface area contributed by atoms with Crippen molar-refractivity contribution in [3.05, 3.63) is 23.1 Å². The predicted molar refractivity (Wildman–Crippen MR) is 55.4 cm³/mol. The summed E-state index contributed by atoms with van der Waals surface area (Å²) in [6.45, 7) is 1.98. The average molecular weight is 178 g/mol. The van der Waals surface area contributed by atoms with Gasteiger partial charge in [0.15, 0.2) is 0 Å². The number of thiophene rings is 1. The van der Waals surface area contributed by atoms with Crippen molar-refractivity contribution in [3.63, 3.8) is 0 Å². The van der Waals surface area contributed by atoms with Gasteiger partial charge in [0.2, 0.25) is 0 Å². The van der Waals surface area contributed by atoms with Crippen LogP contribution in [0, 0.1) is 6.92 Å². The van der Waals surface area contributed by atoms with E-state index in [0.29, 0.717) is 0 Å². The zero-order valence-electron chi connectivity index (χ0n) is 6.79. The summed E-state index contributed by atoms with van der Waals surface area (Å²) in [5.74, 6) is 0. The molecule has 4 N–H and O–H groups in total. The van der Waals surface area contributed by atoms with Gasteiger partial charge in [-0.3, -0.25) is 0 Å². The van der Waals surface area contributed by atoms with Crippen LogP contribution in [-0.4, -0.2) is 0 Å². The van der Waals surface area contributed by atoms with E-state index in [1.54, 1.807) is 11.3 Å². The van der Waals surface area contributed by atoms with Crippen LogP contribution in [0.15, 0.2) is 17.5 Å². The Kier molecular flexibility index (Phi) is 1.48. The lowest BCUT2D eigenvalue weighted by molar-refractivity contribution is 1.51. The van der Waals surface area contributed by atoms with Crippen molar-refractivity contribution in [3.8, 4) is 0 Å². The smallest absolute Gasteiger partial charge is 0.0593 e. The molecule has 3 heteroatoms. The van der Waals surface area contributed by atoms with Crippen molar-refractivity contribution in [2.75, 3.05) is 11.5 Å². The van der Waals surface area contributed by atoms with Gasteiger partial charge in [-0.1, -0.05) is 0 Å². The lowest BCUT2D eigenvalue weighted by atomic mass is 10.1. The number of nitrogens with two attached hydrogens (primary N) is 2. The van der Waals surface area contributed by atoms with Crippen LogP contribution >= 0.6 is 11.3 Å². The van der Waals surface area contributed by atoms with Crippen LogP contribution in [0.1, 0.15) is 5.56 Å². The van der Waals surface area contributed by atoms with E-state index in [4.69, 9.17) is 11.5 Å². The average Bonchev–Trinajstić information content (AvgIpc) is 2.48. The molecule has 0 aliphatic heterocycles. The molecule has 0 unspecified atom stereocenters. The third kappa shape index (κ3) is 0.865. The quantitative estimate of drug-likeness (QED) is 0.608. The topological polar surface area (TPSA) is 52.0 Å². The fourth-order valence-electron chi connectivity index (χ4n) is 1.33. The van der Waals surface area contributed by atoms with Gasteiger partial charge in [0.1, 0.15) is 0 Å². The Labute approximate surface area is 74.8 Å². The summed E-state index contributed by atoms with van der Waals surface area (Å²) >= 11 is 1.63. The molecule has 0 saturated carbocycles. The van der Waals surface area contributed by atoms with Gasteiger partial charge in [-0.05, 0) is 30.0 Å². The Morgan fingerprint density at radius 3 is 2.83 bits per heavy atom. The molecular weight excluding hydrogens is 168 g/mol. The number of hydrogen-bond donors (Lipinski definition) is 2. The second-order valence-corrected chi connectivity index (χ2v) is 3.78.